The summed E-state index contributed by atoms with van der Waals surface area (Å²) in [6, 6.07) is 14.5. The number of amides is 1. The zero-order chi connectivity index (χ0) is 18.0. The molecule has 2 aromatic carbocycles. The molecule has 1 saturated heterocycles. The molecule has 3 nitrogen and oxygen atoms in total. The van der Waals surface area contributed by atoms with E-state index in [1.807, 2.05) is 32.1 Å². The van der Waals surface area contributed by atoms with Gasteiger partial charge in [-0.3, -0.25) is 4.79 Å². The van der Waals surface area contributed by atoms with Gasteiger partial charge in [0, 0.05) is 0 Å². The van der Waals surface area contributed by atoms with Crippen LogP contribution in [0.4, 0.5) is 5.69 Å². The van der Waals surface area contributed by atoms with Crippen LogP contribution in [0, 0.1) is 13.8 Å². The lowest BCUT2D eigenvalue weighted by Gasteiger charge is -2.04. The number of aryl methyl sites for hydroxylation is 2. The third-order valence-electron chi connectivity index (χ3n) is 4.14. The van der Waals surface area contributed by atoms with Crippen LogP contribution in [0.25, 0.3) is 6.08 Å². The van der Waals surface area contributed by atoms with E-state index in [0.29, 0.717) is 16.0 Å². The maximum atomic E-state index is 12.2. The van der Waals surface area contributed by atoms with E-state index in [1.165, 1.54) is 17.3 Å². The van der Waals surface area contributed by atoms with Crippen LogP contribution < -0.4 is 5.32 Å². The average Bonchev–Trinajstić information content (AvgIpc) is 2.91. The molecule has 0 spiro atoms. The van der Waals surface area contributed by atoms with Crippen molar-refractivity contribution >= 4 is 34.6 Å². The van der Waals surface area contributed by atoms with Crippen LogP contribution >= 0.6 is 11.8 Å². The van der Waals surface area contributed by atoms with E-state index in [2.05, 4.69) is 54.5 Å². The fraction of sp³-hybridized carbons (Fsp3) is 0.238. The predicted octanol–water partition coefficient (Wildman–Crippen LogP) is 5.32. The highest BCUT2D eigenvalue weighted by atomic mass is 32.2. The average molecular weight is 350 g/mol. The Hall–Kier alpha value is -2.33. The Labute approximate surface area is 153 Å². The van der Waals surface area contributed by atoms with Gasteiger partial charge in [0.1, 0.15) is 0 Å². The minimum absolute atomic E-state index is 0.0954. The fourth-order valence-electron chi connectivity index (χ4n) is 2.56. The molecule has 1 amide bonds. The van der Waals surface area contributed by atoms with E-state index in [9.17, 15) is 4.79 Å². The molecule has 3 rings (SSSR count). The third kappa shape index (κ3) is 4.20. The number of rotatable bonds is 3. The quantitative estimate of drug-likeness (QED) is 0.761. The normalized spacial score (nSPS) is 17.6. The first-order chi connectivity index (χ1) is 11.9. The van der Waals surface area contributed by atoms with Crippen LogP contribution in [-0.2, 0) is 4.79 Å². The van der Waals surface area contributed by atoms with Crippen molar-refractivity contribution in [2.24, 2.45) is 4.99 Å². The zero-order valence-electron chi connectivity index (χ0n) is 15.0. The Morgan fingerprint density at radius 2 is 1.80 bits per heavy atom. The maximum absolute atomic E-state index is 12.2. The van der Waals surface area contributed by atoms with Crippen LogP contribution in [0.1, 0.15) is 42.0 Å². The Bertz CT molecular complexity index is 864. The topological polar surface area (TPSA) is 41.5 Å². The molecule has 0 unspecified atom stereocenters. The van der Waals surface area contributed by atoms with Crippen LogP contribution in [0.2, 0.25) is 0 Å². The highest BCUT2D eigenvalue weighted by Crippen LogP contribution is 2.29. The van der Waals surface area contributed by atoms with Crippen LogP contribution in [0.5, 0.6) is 0 Å². The number of nitrogens with zero attached hydrogens (tertiary/aromatic N) is 1. The molecule has 0 aliphatic carbocycles. The summed E-state index contributed by atoms with van der Waals surface area (Å²) in [6.07, 6.45) is 1.91. The number of amidine groups is 1. The van der Waals surface area contributed by atoms with Crippen molar-refractivity contribution in [2.45, 2.75) is 33.6 Å². The Morgan fingerprint density at radius 3 is 2.48 bits per heavy atom. The lowest BCUT2D eigenvalue weighted by Crippen LogP contribution is -2.19. The van der Waals surface area contributed by atoms with E-state index in [-0.39, 0.29) is 5.91 Å². The number of nitrogens with one attached hydrogen (secondary N) is 1. The molecule has 1 fully saturated rings. The van der Waals surface area contributed by atoms with Crippen LogP contribution in [-0.4, -0.2) is 11.1 Å². The maximum Gasteiger partial charge on any atom is 0.264 e. The smallest absolute Gasteiger partial charge is 0.264 e. The van der Waals surface area contributed by atoms with Crippen molar-refractivity contribution in [1.82, 2.24) is 5.32 Å². The summed E-state index contributed by atoms with van der Waals surface area (Å²) in [5, 5.41) is 3.48. The zero-order valence-corrected chi connectivity index (χ0v) is 15.8. The lowest BCUT2D eigenvalue weighted by molar-refractivity contribution is -0.115. The van der Waals surface area contributed by atoms with Crippen LogP contribution in [0.15, 0.2) is 52.4 Å². The Balaban J connectivity index is 1.82. The molecule has 0 radical (unpaired) electrons. The van der Waals surface area contributed by atoms with Gasteiger partial charge in [-0.1, -0.05) is 50.2 Å². The van der Waals surface area contributed by atoms with Gasteiger partial charge in [-0.15, -0.1) is 0 Å². The van der Waals surface area contributed by atoms with Gasteiger partial charge in [-0.25, -0.2) is 4.99 Å². The number of hydrogen-bond acceptors (Lipinski definition) is 3. The molecule has 1 aliphatic rings. The molecule has 0 bridgehead atoms. The second kappa shape index (κ2) is 7.28. The lowest BCUT2D eigenvalue weighted by atomic mass is 10.0. The molecule has 0 saturated carbocycles. The van der Waals surface area contributed by atoms with Crippen LogP contribution in [0.3, 0.4) is 0 Å². The standard InChI is InChI=1S/C21H22N2OS/c1-13(2)17-9-7-16(8-10-17)12-19-20(24)23-21(25-19)22-18-11-14(3)5-6-15(18)4/h5-13H,1-4H3,(H,22,23,24)/b19-12-. The van der Waals surface area contributed by atoms with Crippen molar-refractivity contribution in [3.05, 3.63) is 69.6 Å². The summed E-state index contributed by atoms with van der Waals surface area (Å²) < 4.78 is 0. The van der Waals surface area contributed by atoms with E-state index >= 15 is 0 Å². The minimum Gasteiger partial charge on any atom is -0.300 e. The molecular weight excluding hydrogens is 328 g/mol. The summed E-state index contributed by atoms with van der Waals surface area (Å²) in [5.41, 5.74) is 5.46. The molecular formula is C21H22N2OS. The Kier molecular flexibility index (Phi) is 5.09. The number of benzene rings is 2. The van der Waals surface area contributed by atoms with Gasteiger partial charge in [-0.05, 0) is 65.9 Å². The van der Waals surface area contributed by atoms with E-state index in [1.54, 1.807) is 0 Å². The molecule has 2 aromatic rings. The molecule has 128 valence electrons. The van der Waals surface area contributed by atoms with Crippen molar-refractivity contribution < 1.29 is 4.79 Å². The van der Waals surface area contributed by atoms with E-state index in [0.717, 1.165) is 22.4 Å². The molecule has 1 heterocycles. The molecule has 25 heavy (non-hydrogen) atoms. The summed E-state index contributed by atoms with van der Waals surface area (Å²) in [7, 11) is 0. The van der Waals surface area contributed by atoms with Gasteiger partial charge in [0.25, 0.3) is 5.91 Å². The number of carbonyl (C=O) groups excluding carboxylic acids is 1. The summed E-state index contributed by atoms with van der Waals surface area (Å²) in [6.45, 7) is 8.40. The highest BCUT2D eigenvalue weighted by molar-refractivity contribution is 8.18. The van der Waals surface area contributed by atoms with Crippen molar-refractivity contribution in [1.29, 1.82) is 0 Å². The molecule has 4 heteroatoms. The fourth-order valence-corrected chi connectivity index (χ4v) is 3.39. The van der Waals surface area contributed by atoms with Gasteiger partial charge in [-0.2, -0.15) is 0 Å². The third-order valence-corrected chi connectivity index (χ3v) is 5.05. The largest absolute Gasteiger partial charge is 0.300 e. The van der Waals surface area contributed by atoms with Crippen molar-refractivity contribution in [2.75, 3.05) is 0 Å². The van der Waals surface area contributed by atoms with E-state index < -0.39 is 0 Å². The van der Waals surface area contributed by atoms with Gasteiger partial charge >= 0.3 is 0 Å². The second-order valence-electron chi connectivity index (χ2n) is 6.59. The van der Waals surface area contributed by atoms with Gasteiger partial charge in [0.05, 0.1) is 10.6 Å². The summed E-state index contributed by atoms with van der Waals surface area (Å²) in [4.78, 5) is 17.5. The molecule has 1 aliphatic heterocycles. The molecule has 0 aromatic heterocycles. The number of thioether (sulfide) groups is 1. The molecule has 0 atom stereocenters. The highest BCUT2D eigenvalue weighted by Gasteiger charge is 2.23. The number of aliphatic imine (C=N–C) groups is 1. The summed E-state index contributed by atoms with van der Waals surface area (Å²) in [5.74, 6) is 0.407. The number of carbonyl (C=O) groups is 1. The first-order valence-electron chi connectivity index (χ1n) is 8.39. The SMILES string of the molecule is Cc1ccc(C)c(N=C2NC(=O)/C(=C/c3ccc(C(C)C)cc3)S2)c1. The van der Waals surface area contributed by atoms with Gasteiger partial charge in [0.15, 0.2) is 5.17 Å². The monoisotopic (exact) mass is 350 g/mol. The van der Waals surface area contributed by atoms with Gasteiger partial charge < -0.3 is 5.32 Å². The summed E-state index contributed by atoms with van der Waals surface area (Å²) >= 11 is 1.38. The van der Waals surface area contributed by atoms with Crippen molar-refractivity contribution in [3.8, 4) is 0 Å². The first kappa shape index (κ1) is 17.5. The first-order valence-corrected chi connectivity index (χ1v) is 9.21. The number of hydrogen-bond donors (Lipinski definition) is 1. The van der Waals surface area contributed by atoms with E-state index in [4.69, 9.17) is 0 Å². The van der Waals surface area contributed by atoms with Crippen molar-refractivity contribution in [3.63, 3.8) is 0 Å². The minimum atomic E-state index is -0.0954. The Morgan fingerprint density at radius 1 is 1.08 bits per heavy atom. The second-order valence-corrected chi connectivity index (χ2v) is 7.62. The molecule has 1 N–H and O–H groups in total. The predicted molar refractivity (Wildman–Crippen MR) is 107 cm³/mol. The van der Waals surface area contributed by atoms with Gasteiger partial charge in [0.2, 0.25) is 0 Å².